The molecule has 2 aliphatic rings. The minimum atomic E-state index is -4.70. The van der Waals surface area contributed by atoms with Gasteiger partial charge in [-0.25, -0.2) is 4.99 Å². The van der Waals surface area contributed by atoms with Crippen LogP contribution < -0.4 is 15.4 Å². The second-order valence-electron chi connectivity index (χ2n) is 12.4. The van der Waals surface area contributed by atoms with E-state index < -0.39 is 72.1 Å². The van der Waals surface area contributed by atoms with Crippen LogP contribution in [0.3, 0.4) is 0 Å². The molecule has 250 valence electrons. The molecule has 1 aliphatic carbocycles. The van der Waals surface area contributed by atoms with E-state index in [9.17, 15) is 40.7 Å². The van der Waals surface area contributed by atoms with Crippen LogP contribution in [-0.2, 0) is 25.3 Å². The molecule has 14 heteroatoms. The van der Waals surface area contributed by atoms with Crippen LogP contribution in [-0.4, -0.2) is 48.5 Å². The zero-order valence-electron chi connectivity index (χ0n) is 25.6. The molecule has 0 aromatic heterocycles. The Morgan fingerprint density at radius 3 is 2.28 bits per heavy atom. The molecular formula is C32H35F6N3O5. The molecule has 1 heterocycles. The average Bonchev–Trinajstić information content (AvgIpc) is 3.78. The van der Waals surface area contributed by atoms with Crippen molar-refractivity contribution in [2.24, 2.45) is 22.7 Å². The summed E-state index contributed by atoms with van der Waals surface area (Å²) >= 11 is 0. The Balaban J connectivity index is 1.76. The molecule has 0 bridgehead atoms. The third-order valence-electron chi connectivity index (χ3n) is 7.55. The lowest BCUT2D eigenvalue weighted by atomic mass is 9.83. The van der Waals surface area contributed by atoms with Gasteiger partial charge in [0.25, 0.3) is 5.91 Å². The number of aliphatic imine (C=N–C) groups is 1. The molecular weight excluding hydrogens is 620 g/mol. The largest absolute Gasteiger partial charge is 0.495 e. The average molecular weight is 656 g/mol. The van der Waals surface area contributed by atoms with Crippen molar-refractivity contribution in [2.45, 2.75) is 77.0 Å². The molecule has 0 spiro atoms. The summed E-state index contributed by atoms with van der Waals surface area (Å²) in [6, 6.07) is 8.70. The minimum Gasteiger partial charge on any atom is -0.495 e. The highest BCUT2D eigenvalue weighted by atomic mass is 19.4. The summed E-state index contributed by atoms with van der Waals surface area (Å²) in [6.45, 7) is 4.78. The Hall–Kier alpha value is -4.10. The molecule has 4 rings (SSSR count). The van der Waals surface area contributed by atoms with Crippen LogP contribution in [0.1, 0.15) is 69.6 Å². The number of benzene rings is 2. The van der Waals surface area contributed by atoms with E-state index in [1.165, 1.54) is 31.4 Å². The highest BCUT2D eigenvalue weighted by Gasteiger charge is 2.43. The first-order valence-corrected chi connectivity index (χ1v) is 14.7. The molecule has 2 aromatic rings. The van der Waals surface area contributed by atoms with Crippen molar-refractivity contribution >= 4 is 29.2 Å². The molecule has 2 N–H and O–H groups in total. The van der Waals surface area contributed by atoms with E-state index in [0.717, 1.165) is 31.0 Å². The van der Waals surface area contributed by atoms with Crippen LogP contribution in [0.25, 0.3) is 0 Å². The van der Waals surface area contributed by atoms with Gasteiger partial charge in [0.1, 0.15) is 11.4 Å². The lowest BCUT2D eigenvalue weighted by Crippen LogP contribution is -2.48. The standard InChI is InChI=1S/C32H35F6N3O5/c1-30(2,3)46-29(44)22(15-17-11-12-17)20(13-14-31(33,34)35)27(42)41-26-28(43)40-25-21(9-6-10-23(25)45-4)24(39-26)18-7-5-8-19(16-18)32(36,37)38/h5-10,16-17,20,22,26H,11-15H2,1-4H3,(H,40,43)(H,41,42)/t20-,22+,26-/m1/s1. The Kier molecular flexibility index (Phi) is 10.1. The van der Waals surface area contributed by atoms with Gasteiger partial charge in [0.15, 0.2) is 0 Å². The van der Waals surface area contributed by atoms with Crippen molar-refractivity contribution in [3.63, 3.8) is 0 Å². The van der Waals surface area contributed by atoms with Crippen molar-refractivity contribution in [1.29, 1.82) is 0 Å². The van der Waals surface area contributed by atoms with Crippen LogP contribution in [0, 0.1) is 17.8 Å². The van der Waals surface area contributed by atoms with Crippen LogP contribution in [0.2, 0.25) is 0 Å². The number of alkyl halides is 6. The van der Waals surface area contributed by atoms with Crippen molar-refractivity contribution in [2.75, 3.05) is 12.4 Å². The van der Waals surface area contributed by atoms with Crippen molar-refractivity contribution in [3.8, 4) is 5.75 Å². The highest BCUT2D eigenvalue weighted by Crippen LogP contribution is 2.41. The number of nitrogens with one attached hydrogen (secondary N) is 2. The molecule has 1 saturated carbocycles. The maximum atomic E-state index is 13.8. The van der Waals surface area contributed by atoms with Gasteiger partial charge in [-0.3, -0.25) is 14.4 Å². The number of fused-ring (bicyclic) bond motifs is 1. The van der Waals surface area contributed by atoms with Crippen LogP contribution >= 0.6 is 0 Å². The molecule has 2 aromatic carbocycles. The maximum Gasteiger partial charge on any atom is 0.416 e. The van der Waals surface area contributed by atoms with E-state index in [1.807, 2.05) is 0 Å². The summed E-state index contributed by atoms with van der Waals surface area (Å²) in [6.07, 6.45) is -11.7. The normalized spacial score (nSPS) is 18.3. The summed E-state index contributed by atoms with van der Waals surface area (Å²) < 4.78 is 92.0. The van der Waals surface area contributed by atoms with Gasteiger partial charge in [0.05, 0.1) is 35.9 Å². The lowest BCUT2D eigenvalue weighted by Gasteiger charge is -2.29. The number of carbonyl (C=O) groups excluding carboxylic acids is 3. The van der Waals surface area contributed by atoms with Crippen LogP contribution in [0.5, 0.6) is 5.75 Å². The quantitative estimate of drug-likeness (QED) is 0.220. The second-order valence-corrected chi connectivity index (χ2v) is 12.4. The predicted octanol–water partition coefficient (Wildman–Crippen LogP) is 6.66. The van der Waals surface area contributed by atoms with E-state index in [2.05, 4.69) is 15.6 Å². The number of benzodiazepines with no additional fused rings is 1. The molecule has 1 fully saturated rings. The van der Waals surface area contributed by atoms with Crippen molar-refractivity contribution in [1.82, 2.24) is 5.32 Å². The van der Waals surface area contributed by atoms with Gasteiger partial charge in [0, 0.05) is 17.5 Å². The molecule has 0 radical (unpaired) electrons. The number of anilines is 1. The third kappa shape index (κ3) is 9.00. The summed E-state index contributed by atoms with van der Waals surface area (Å²) in [4.78, 5) is 44.9. The van der Waals surface area contributed by atoms with Crippen LogP contribution in [0.4, 0.5) is 32.0 Å². The van der Waals surface area contributed by atoms with Gasteiger partial charge in [-0.1, -0.05) is 37.1 Å². The fraction of sp³-hybridized carbons (Fsp3) is 0.500. The molecule has 2 amide bonds. The third-order valence-corrected chi connectivity index (χ3v) is 7.55. The number of carbonyl (C=O) groups is 3. The van der Waals surface area contributed by atoms with E-state index in [0.29, 0.717) is 0 Å². The zero-order valence-corrected chi connectivity index (χ0v) is 25.6. The smallest absolute Gasteiger partial charge is 0.416 e. The number of halogens is 6. The van der Waals surface area contributed by atoms with E-state index in [1.54, 1.807) is 20.8 Å². The number of ether oxygens (including phenoxy) is 2. The highest BCUT2D eigenvalue weighted by molar-refractivity contribution is 6.20. The summed E-state index contributed by atoms with van der Waals surface area (Å²) in [5.41, 5.74) is -1.89. The maximum absolute atomic E-state index is 13.8. The van der Waals surface area contributed by atoms with Gasteiger partial charge in [-0.15, -0.1) is 0 Å². The predicted molar refractivity (Wildman–Crippen MR) is 156 cm³/mol. The zero-order chi connectivity index (χ0) is 34.0. The number of nitrogens with zero attached hydrogens (tertiary/aromatic N) is 1. The first-order valence-electron chi connectivity index (χ1n) is 14.7. The molecule has 8 nitrogen and oxygen atoms in total. The Morgan fingerprint density at radius 2 is 1.70 bits per heavy atom. The fourth-order valence-electron chi connectivity index (χ4n) is 5.24. The van der Waals surface area contributed by atoms with E-state index >= 15 is 0 Å². The molecule has 46 heavy (non-hydrogen) atoms. The molecule has 1 aliphatic heterocycles. The number of amides is 2. The molecule has 0 unspecified atom stereocenters. The van der Waals surface area contributed by atoms with E-state index in [4.69, 9.17) is 9.47 Å². The molecule has 0 saturated heterocycles. The monoisotopic (exact) mass is 655 g/mol. The number of methoxy groups -OCH3 is 1. The minimum absolute atomic E-state index is 0.0207. The lowest BCUT2D eigenvalue weighted by molar-refractivity contribution is -0.167. The van der Waals surface area contributed by atoms with Gasteiger partial charge in [-0.05, 0) is 57.7 Å². The summed E-state index contributed by atoms with van der Waals surface area (Å²) in [5, 5.41) is 4.95. The topological polar surface area (TPSA) is 106 Å². The Labute approximate surface area is 261 Å². The van der Waals surface area contributed by atoms with Gasteiger partial charge in [0.2, 0.25) is 12.1 Å². The van der Waals surface area contributed by atoms with Gasteiger partial charge < -0.3 is 20.1 Å². The first kappa shape index (κ1) is 34.8. The number of hydrogen-bond acceptors (Lipinski definition) is 6. The van der Waals surface area contributed by atoms with Crippen molar-refractivity contribution in [3.05, 3.63) is 59.2 Å². The van der Waals surface area contributed by atoms with Crippen molar-refractivity contribution < 1.29 is 50.2 Å². The van der Waals surface area contributed by atoms with Crippen LogP contribution in [0.15, 0.2) is 47.5 Å². The number of hydrogen-bond donors (Lipinski definition) is 2. The Morgan fingerprint density at radius 1 is 1.02 bits per heavy atom. The fourth-order valence-corrected chi connectivity index (χ4v) is 5.24. The van der Waals surface area contributed by atoms with Gasteiger partial charge in [-0.2, -0.15) is 26.3 Å². The van der Waals surface area contributed by atoms with Gasteiger partial charge >= 0.3 is 18.3 Å². The first-order chi connectivity index (χ1) is 21.4. The Bertz CT molecular complexity index is 1490. The number of rotatable bonds is 10. The summed E-state index contributed by atoms with van der Waals surface area (Å²) in [7, 11) is 1.31. The second kappa shape index (κ2) is 13.3. The van der Waals surface area contributed by atoms with E-state index in [-0.39, 0.29) is 40.6 Å². The molecule has 3 atom stereocenters. The number of esters is 1. The number of para-hydroxylation sites is 1. The SMILES string of the molecule is COc1cccc2c1NC(=O)[C@@H](NC(=O)[C@H](CCC(F)(F)F)[C@H](CC1CC1)C(=O)OC(C)(C)C)N=C2c1cccc(C(F)(F)F)c1. The summed E-state index contributed by atoms with van der Waals surface area (Å²) in [5.74, 6) is -5.43.